The predicted octanol–water partition coefficient (Wildman–Crippen LogP) is 7.02. The van der Waals surface area contributed by atoms with Crippen LogP contribution in [0.2, 0.25) is 0 Å². The summed E-state index contributed by atoms with van der Waals surface area (Å²) in [6, 6.07) is 24.0. The van der Waals surface area contributed by atoms with E-state index in [-0.39, 0.29) is 5.78 Å². The van der Waals surface area contributed by atoms with Crippen LogP contribution in [0.3, 0.4) is 0 Å². The van der Waals surface area contributed by atoms with Gasteiger partial charge in [0.05, 0.1) is 4.88 Å². The summed E-state index contributed by atoms with van der Waals surface area (Å²) in [5.74, 6) is 2.15. The van der Waals surface area contributed by atoms with Crippen LogP contribution in [0.25, 0.3) is 6.08 Å². The van der Waals surface area contributed by atoms with Crippen molar-refractivity contribution in [1.82, 2.24) is 0 Å². The molecule has 2 aromatic carbocycles. The number of carbonyl (C=O) groups excluding carboxylic acids is 1. The van der Waals surface area contributed by atoms with Crippen LogP contribution in [0.4, 0.5) is 0 Å². The number of furan rings is 1. The number of ketones is 1. The molecule has 0 aliphatic rings. The highest BCUT2D eigenvalue weighted by atomic mass is 32.1. The van der Waals surface area contributed by atoms with Crippen molar-refractivity contribution in [2.75, 3.05) is 0 Å². The first-order valence-electron chi connectivity index (χ1n) is 10.2. The highest BCUT2D eigenvalue weighted by Gasteiger charge is 2.08. The van der Waals surface area contributed by atoms with Crippen LogP contribution in [0.5, 0.6) is 5.75 Å². The fourth-order valence-electron chi connectivity index (χ4n) is 3.37. The fourth-order valence-corrected chi connectivity index (χ4v) is 4.34. The van der Waals surface area contributed by atoms with Gasteiger partial charge >= 0.3 is 0 Å². The maximum Gasteiger partial charge on any atom is 0.195 e. The van der Waals surface area contributed by atoms with E-state index >= 15 is 0 Å². The zero-order chi connectivity index (χ0) is 21.6. The van der Waals surface area contributed by atoms with Crippen molar-refractivity contribution < 1.29 is 13.9 Å². The molecule has 2 heterocycles. The second-order valence-corrected chi connectivity index (χ2v) is 8.71. The third-order valence-corrected chi connectivity index (χ3v) is 5.88. The van der Waals surface area contributed by atoms with Crippen molar-refractivity contribution in [3.8, 4) is 5.75 Å². The largest absolute Gasteiger partial charge is 0.486 e. The number of hydrogen-bond acceptors (Lipinski definition) is 4. The summed E-state index contributed by atoms with van der Waals surface area (Å²) in [6.07, 6.45) is 4.11. The lowest BCUT2D eigenvalue weighted by Gasteiger charge is -2.06. The first-order valence-corrected chi connectivity index (χ1v) is 11.0. The standard InChI is InChI=1S/C27H24O3S/c1-19-14-20(2)16-24(15-19)29-18-23-9-8-22(30-23)10-12-26(28)27-13-11-25(31-27)17-21-6-4-3-5-7-21/h3-16H,17-18H2,1-2H3/b12-10+. The van der Waals surface area contributed by atoms with Gasteiger partial charge in [0.1, 0.15) is 23.9 Å². The van der Waals surface area contributed by atoms with Gasteiger partial charge in [-0.15, -0.1) is 11.3 Å². The molecule has 0 amide bonds. The Hall–Kier alpha value is -3.37. The Morgan fingerprint density at radius 3 is 2.52 bits per heavy atom. The molecule has 156 valence electrons. The number of aryl methyl sites for hydroxylation is 2. The molecule has 0 spiro atoms. The number of benzene rings is 2. The molecule has 0 N–H and O–H groups in total. The summed E-state index contributed by atoms with van der Waals surface area (Å²) >= 11 is 1.53. The molecule has 3 nitrogen and oxygen atoms in total. The van der Waals surface area contributed by atoms with Gasteiger partial charge < -0.3 is 9.15 Å². The quantitative estimate of drug-likeness (QED) is 0.223. The number of thiophene rings is 1. The van der Waals surface area contributed by atoms with Crippen LogP contribution in [0.15, 0.2) is 83.3 Å². The summed E-state index contributed by atoms with van der Waals surface area (Å²) in [5, 5.41) is 0. The summed E-state index contributed by atoms with van der Waals surface area (Å²) in [6.45, 7) is 4.44. The van der Waals surface area contributed by atoms with Crippen LogP contribution in [-0.2, 0) is 13.0 Å². The molecule has 2 aromatic heterocycles. The maximum atomic E-state index is 12.5. The van der Waals surface area contributed by atoms with E-state index in [4.69, 9.17) is 9.15 Å². The Morgan fingerprint density at radius 1 is 0.968 bits per heavy atom. The van der Waals surface area contributed by atoms with E-state index < -0.39 is 0 Å². The molecule has 4 heteroatoms. The molecule has 4 aromatic rings. The van der Waals surface area contributed by atoms with Gasteiger partial charge in [-0.1, -0.05) is 36.4 Å². The van der Waals surface area contributed by atoms with Crippen LogP contribution < -0.4 is 4.74 Å². The zero-order valence-corrected chi connectivity index (χ0v) is 18.4. The minimum absolute atomic E-state index is 0.0197. The Kier molecular flexibility index (Phi) is 6.48. The first-order chi connectivity index (χ1) is 15.0. The van der Waals surface area contributed by atoms with Crippen LogP contribution >= 0.6 is 11.3 Å². The van der Waals surface area contributed by atoms with Gasteiger partial charge in [-0.2, -0.15) is 0 Å². The molecular weight excluding hydrogens is 404 g/mol. The van der Waals surface area contributed by atoms with Crippen molar-refractivity contribution in [2.24, 2.45) is 0 Å². The highest BCUT2D eigenvalue weighted by Crippen LogP contribution is 2.22. The van der Waals surface area contributed by atoms with Crippen molar-refractivity contribution in [3.63, 3.8) is 0 Å². The van der Waals surface area contributed by atoms with E-state index in [1.165, 1.54) is 21.8 Å². The molecule has 0 bridgehead atoms. The van der Waals surface area contributed by atoms with Gasteiger partial charge in [0.2, 0.25) is 0 Å². The molecule has 0 aliphatic carbocycles. The predicted molar refractivity (Wildman–Crippen MR) is 126 cm³/mol. The number of carbonyl (C=O) groups is 1. The van der Waals surface area contributed by atoms with Gasteiger partial charge in [-0.25, -0.2) is 0 Å². The van der Waals surface area contributed by atoms with E-state index in [1.54, 1.807) is 12.2 Å². The molecule has 0 unspecified atom stereocenters. The molecule has 0 saturated heterocycles. The first kappa shape index (κ1) is 20.9. The molecule has 4 rings (SSSR count). The SMILES string of the molecule is Cc1cc(C)cc(OCc2ccc(/C=C/C(=O)c3ccc(Cc4ccccc4)s3)o2)c1. The second-order valence-electron chi connectivity index (χ2n) is 7.54. The lowest BCUT2D eigenvalue weighted by molar-refractivity contribution is 0.105. The van der Waals surface area contributed by atoms with Crippen LogP contribution in [-0.4, -0.2) is 5.78 Å². The minimum Gasteiger partial charge on any atom is -0.486 e. The zero-order valence-electron chi connectivity index (χ0n) is 17.6. The van der Waals surface area contributed by atoms with Crippen molar-refractivity contribution in [1.29, 1.82) is 0 Å². The number of rotatable bonds is 8. The molecule has 0 fully saturated rings. The van der Waals surface area contributed by atoms with Gasteiger partial charge in [0.15, 0.2) is 5.78 Å². The monoisotopic (exact) mass is 428 g/mol. The van der Waals surface area contributed by atoms with Gasteiger partial charge in [-0.05, 0) is 79.1 Å². The molecule has 31 heavy (non-hydrogen) atoms. The minimum atomic E-state index is -0.0197. The average molecular weight is 429 g/mol. The smallest absolute Gasteiger partial charge is 0.195 e. The molecule has 0 atom stereocenters. The van der Waals surface area contributed by atoms with Gasteiger partial charge in [0, 0.05) is 11.3 Å². The molecular formula is C27H24O3S. The van der Waals surface area contributed by atoms with Gasteiger partial charge in [-0.3, -0.25) is 4.79 Å². The van der Waals surface area contributed by atoms with Crippen molar-refractivity contribution in [3.05, 3.63) is 117 Å². The summed E-state index contributed by atoms with van der Waals surface area (Å²) < 4.78 is 11.6. The number of ether oxygens (including phenoxy) is 1. The normalized spacial score (nSPS) is 11.2. The van der Waals surface area contributed by atoms with E-state index in [9.17, 15) is 4.79 Å². The van der Waals surface area contributed by atoms with Crippen LogP contribution in [0, 0.1) is 13.8 Å². The van der Waals surface area contributed by atoms with Crippen molar-refractivity contribution in [2.45, 2.75) is 26.9 Å². The third-order valence-electron chi connectivity index (χ3n) is 4.78. The summed E-state index contributed by atoms with van der Waals surface area (Å²) in [4.78, 5) is 14.4. The van der Waals surface area contributed by atoms with Crippen LogP contribution in [0.1, 0.15) is 42.8 Å². The number of hydrogen-bond donors (Lipinski definition) is 0. The van der Waals surface area contributed by atoms with Crippen molar-refractivity contribution >= 4 is 23.2 Å². The molecule has 0 radical (unpaired) electrons. The third kappa shape index (κ3) is 5.83. The van der Waals surface area contributed by atoms with E-state index in [1.807, 2.05) is 68.4 Å². The summed E-state index contributed by atoms with van der Waals surface area (Å²) in [5.41, 5.74) is 3.57. The average Bonchev–Trinajstić information content (AvgIpc) is 3.40. The van der Waals surface area contributed by atoms with E-state index in [0.29, 0.717) is 18.1 Å². The molecule has 0 aliphatic heterocycles. The lowest BCUT2D eigenvalue weighted by atomic mass is 10.1. The van der Waals surface area contributed by atoms with E-state index in [0.717, 1.165) is 28.2 Å². The number of allylic oxidation sites excluding steroid dienone is 1. The Balaban J connectivity index is 1.33. The topological polar surface area (TPSA) is 39.4 Å². The Bertz CT molecular complexity index is 1180. The Labute approximate surface area is 186 Å². The second kappa shape index (κ2) is 9.63. The maximum absolute atomic E-state index is 12.5. The summed E-state index contributed by atoms with van der Waals surface area (Å²) in [7, 11) is 0. The van der Waals surface area contributed by atoms with E-state index in [2.05, 4.69) is 18.2 Å². The molecule has 0 saturated carbocycles. The Morgan fingerprint density at radius 2 is 1.74 bits per heavy atom. The highest BCUT2D eigenvalue weighted by molar-refractivity contribution is 7.14. The lowest BCUT2D eigenvalue weighted by Crippen LogP contribution is -1.94. The fraction of sp³-hybridized carbons (Fsp3) is 0.148. The van der Waals surface area contributed by atoms with Gasteiger partial charge in [0.25, 0.3) is 0 Å².